The Labute approximate surface area is 165 Å². The van der Waals surface area contributed by atoms with Crippen molar-refractivity contribution in [3.05, 3.63) is 54.0 Å². The molecule has 7 heteroatoms. The van der Waals surface area contributed by atoms with Gasteiger partial charge in [-0.1, -0.05) is 12.1 Å². The number of anilines is 1. The van der Waals surface area contributed by atoms with Gasteiger partial charge in [-0.25, -0.2) is 10.4 Å². The molecule has 1 aliphatic heterocycles. The molecule has 28 heavy (non-hydrogen) atoms. The van der Waals surface area contributed by atoms with Crippen LogP contribution < -0.4 is 21.1 Å². The highest BCUT2D eigenvalue weighted by molar-refractivity contribution is 5.82. The molecule has 0 bridgehead atoms. The largest absolute Gasteiger partial charge is 0.359 e. The highest BCUT2D eigenvalue weighted by atomic mass is 16.2. The quantitative estimate of drug-likeness (QED) is 0.643. The van der Waals surface area contributed by atoms with E-state index in [1.165, 1.54) is 12.8 Å². The van der Waals surface area contributed by atoms with E-state index in [1.807, 2.05) is 43.6 Å². The number of hydrazine groups is 1. The van der Waals surface area contributed by atoms with Crippen molar-refractivity contribution in [1.82, 2.24) is 26.1 Å². The third-order valence-corrected chi connectivity index (χ3v) is 5.55. The number of nitrogens with one attached hydrogen (secondary N) is 3. The van der Waals surface area contributed by atoms with Gasteiger partial charge in [-0.15, -0.1) is 0 Å². The lowest BCUT2D eigenvalue weighted by Gasteiger charge is -2.21. The molecule has 148 valence electrons. The fourth-order valence-electron chi connectivity index (χ4n) is 3.71. The van der Waals surface area contributed by atoms with Gasteiger partial charge in [0.15, 0.2) is 0 Å². The van der Waals surface area contributed by atoms with Gasteiger partial charge in [0.1, 0.15) is 11.9 Å². The molecule has 1 saturated carbocycles. The Hall–Kier alpha value is -2.51. The molecule has 7 nitrogen and oxygen atoms in total. The predicted molar refractivity (Wildman–Crippen MR) is 108 cm³/mol. The van der Waals surface area contributed by atoms with Gasteiger partial charge < -0.3 is 10.2 Å². The minimum absolute atomic E-state index is 0.0431. The predicted octanol–water partition coefficient (Wildman–Crippen LogP) is 1.42. The lowest BCUT2D eigenvalue weighted by atomic mass is 10.1. The summed E-state index contributed by atoms with van der Waals surface area (Å²) in [5.74, 6) is 1.68. The van der Waals surface area contributed by atoms with E-state index < -0.39 is 0 Å². The van der Waals surface area contributed by atoms with E-state index in [9.17, 15) is 4.79 Å². The van der Waals surface area contributed by atoms with Gasteiger partial charge in [-0.05, 0) is 43.4 Å². The van der Waals surface area contributed by atoms with E-state index in [2.05, 4.69) is 31.0 Å². The van der Waals surface area contributed by atoms with Crippen molar-refractivity contribution in [2.75, 3.05) is 18.5 Å². The molecule has 4 rings (SSSR count). The van der Waals surface area contributed by atoms with Crippen LogP contribution in [-0.4, -0.2) is 41.6 Å². The van der Waals surface area contributed by atoms with Crippen LogP contribution in [0, 0.1) is 5.92 Å². The lowest BCUT2D eigenvalue weighted by molar-refractivity contribution is -0.123. The first kappa shape index (κ1) is 18.8. The molecule has 0 spiro atoms. The average Bonchev–Trinajstić information content (AvgIpc) is 3.47. The summed E-state index contributed by atoms with van der Waals surface area (Å²) in [6.07, 6.45) is 7.87. The number of likely N-dealkylation sites (N-methyl/N-ethyl adjacent to an activating group) is 1. The van der Waals surface area contributed by atoms with Gasteiger partial charge in [-0.2, -0.15) is 0 Å². The van der Waals surface area contributed by atoms with Gasteiger partial charge >= 0.3 is 0 Å². The zero-order valence-corrected chi connectivity index (χ0v) is 16.3. The van der Waals surface area contributed by atoms with Gasteiger partial charge in [-0.3, -0.25) is 15.2 Å². The van der Waals surface area contributed by atoms with E-state index >= 15 is 0 Å². The molecule has 1 saturated heterocycles. The molecule has 2 fully saturated rings. The second-order valence-corrected chi connectivity index (χ2v) is 7.72. The van der Waals surface area contributed by atoms with Crippen LogP contribution in [0.1, 0.15) is 30.5 Å². The van der Waals surface area contributed by atoms with Crippen LogP contribution in [-0.2, 0) is 17.8 Å². The first-order valence-corrected chi connectivity index (χ1v) is 10.0. The monoisotopic (exact) mass is 380 g/mol. The summed E-state index contributed by atoms with van der Waals surface area (Å²) < 4.78 is 0. The standard InChI is InChI=1S/C21H28N6O/c1-27(12-9-17-6-2-3-10-22-17)20-16(5-4-11-23-20)14-24-21(28)19-13-18(25-26-19)15-7-8-15/h2-6,10-11,15,18-19,25-26H,7-9,12-14H2,1H3,(H,24,28). The van der Waals surface area contributed by atoms with Crippen molar-refractivity contribution in [3.8, 4) is 0 Å². The van der Waals surface area contributed by atoms with Crippen molar-refractivity contribution >= 4 is 11.7 Å². The Morgan fingerprint density at radius 1 is 1.18 bits per heavy atom. The average molecular weight is 380 g/mol. The highest BCUT2D eigenvalue weighted by Gasteiger charge is 2.38. The second-order valence-electron chi connectivity index (χ2n) is 7.72. The van der Waals surface area contributed by atoms with E-state index in [0.717, 1.165) is 42.4 Å². The summed E-state index contributed by atoms with van der Waals surface area (Å²) >= 11 is 0. The van der Waals surface area contributed by atoms with Crippen LogP contribution in [0.5, 0.6) is 0 Å². The molecule has 2 aliphatic rings. The van der Waals surface area contributed by atoms with Crippen LogP contribution in [0.15, 0.2) is 42.7 Å². The van der Waals surface area contributed by atoms with Crippen LogP contribution in [0.2, 0.25) is 0 Å². The Bertz CT molecular complexity index is 794. The van der Waals surface area contributed by atoms with Crippen LogP contribution in [0.25, 0.3) is 0 Å². The molecule has 0 radical (unpaired) electrons. The van der Waals surface area contributed by atoms with Crippen LogP contribution >= 0.6 is 0 Å². The molecule has 3 N–H and O–H groups in total. The first-order chi connectivity index (χ1) is 13.7. The molecule has 2 aromatic heterocycles. The van der Waals surface area contributed by atoms with Crippen molar-refractivity contribution < 1.29 is 4.79 Å². The number of pyridine rings is 2. The fourth-order valence-corrected chi connectivity index (χ4v) is 3.71. The number of aromatic nitrogens is 2. The number of rotatable bonds is 8. The number of carbonyl (C=O) groups excluding carboxylic acids is 1. The second kappa shape index (κ2) is 8.67. The van der Waals surface area contributed by atoms with Crippen LogP contribution in [0.3, 0.4) is 0 Å². The van der Waals surface area contributed by atoms with Crippen molar-refractivity contribution in [2.24, 2.45) is 5.92 Å². The molecule has 2 aromatic rings. The van der Waals surface area contributed by atoms with Crippen molar-refractivity contribution in [2.45, 2.75) is 44.3 Å². The third kappa shape index (κ3) is 4.66. The molecule has 2 atom stereocenters. The first-order valence-electron chi connectivity index (χ1n) is 10.0. The molecule has 3 heterocycles. The van der Waals surface area contributed by atoms with E-state index in [0.29, 0.717) is 12.6 Å². The number of carbonyl (C=O) groups is 1. The van der Waals surface area contributed by atoms with E-state index in [1.54, 1.807) is 6.20 Å². The summed E-state index contributed by atoms with van der Waals surface area (Å²) in [5.41, 5.74) is 8.50. The Morgan fingerprint density at radius 2 is 2.04 bits per heavy atom. The van der Waals surface area contributed by atoms with Gasteiger partial charge in [0, 0.05) is 56.3 Å². The van der Waals surface area contributed by atoms with Gasteiger partial charge in [0.2, 0.25) is 5.91 Å². The maximum atomic E-state index is 12.5. The third-order valence-electron chi connectivity index (χ3n) is 5.55. The Morgan fingerprint density at radius 3 is 2.82 bits per heavy atom. The maximum Gasteiger partial charge on any atom is 0.238 e. The maximum absolute atomic E-state index is 12.5. The minimum atomic E-state index is -0.160. The molecule has 0 aromatic carbocycles. The number of amides is 1. The van der Waals surface area contributed by atoms with E-state index in [-0.39, 0.29) is 11.9 Å². The number of hydrogen-bond acceptors (Lipinski definition) is 6. The van der Waals surface area contributed by atoms with Gasteiger partial charge in [0.05, 0.1) is 0 Å². The molecular formula is C21H28N6O. The molecular weight excluding hydrogens is 352 g/mol. The Kier molecular flexibility index (Phi) is 5.83. The normalized spacial score (nSPS) is 21.5. The summed E-state index contributed by atoms with van der Waals surface area (Å²) in [6.45, 7) is 1.29. The number of nitrogens with zero attached hydrogens (tertiary/aromatic N) is 3. The molecule has 2 unspecified atom stereocenters. The summed E-state index contributed by atoms with van der Waals surface area (Å²) in [5, 5.41) is 3.07. The summed E-state index contributed by atoms with van der Waals surface area (Å²) in [7, 11) is 2.03. The van der Waals surface area contributed by atoms with E-state index in [4.69, 9.17) is 0 Å². The SMILES string of the molecule is CN(CCc1ccccn1)c1ncccc1CNC(=O)C1CC(C2CC2)NN1. The molecule has 1 aliphatic carbocycles. The summed E-state index contributed by atoms with van der Waals surface area (Å²) in [4.78, 5) is 23.6. The molecule has 1 amide bonds. The number of hydrogen-bond donors (Lipinski definition) is 3. The van der Waals surface area contributed by atoms with Crippen LogP contribution in [0.4, 0.5) is 5.82 Å². The fraction of sp³-hybridized carbons (Fsp3) is 0.476. The zero-order valence-electron chi connectivity index (χ0n) is 16.3. The topological polar surface area (TPSA) is 82.2 Å². The lowest BCUT2D eigenvalue weighted by Crippen LogP contribution is -2.43. The summed E-state index contributed by atoms with van der Waals surface area (Å²) in [6, 6.07) is 10.2. The van der Waals surface area contributed by atoms with Gasteiger partial charge in [0.25, 0.3) is 0 Å². The van der Waals surface area contributed by atoms with Crippen molar-refractivity contribution in [1.29, 1.82) is 0 Å². The van der Waals surface area contributed by atoms with Crippen molar-refractivity contribution in [3.63, 3.8) is 0 Å². The Balaban J connectivity index is 1.31. The smallest absolute Gasteiger partial charge is 0.238 e. The highest BCUT2D eigenvalue weighted by Crippen LogP contribution is 2.35. The zero-order chi connectivity index (χ0) is 19.3. The minimum Gasteiger partial charge on any atom is -0.359 e.